The van der Waals surface area contributed by atoms with Crippen LogP contribution in [0.4, 0.5) is 0 Å². The highest BCUT2D eigenvalue weighted by atomic mass is 35.5. The molecule has 5 nitrogen and oxygen atoms in total. The fraction of sp³-hybridized carbons (Fsp3) is 0.364. The Morgan fingerprint density at radius 1 is 1.21 bits per heavy atom. The summed E-state index contributed by atoms with van der Waals surface area (Å²) in [6, 6.07) is 12.7. The molecule has 0 amide bonds. The fourth-order valence-electron chi connectivity index (χ4n) is 2.51. The first kappa shape index (κ1) is 21.9. The largest absolute Gasteiger partial charge is 0.458 e. The lowest BCUT2D eigenvalue weighted by Crippen LogP contribution is -2.42. The number of pyridine rings is 1. The molecular formula is C22H27ClN2O3. The maximum atomic E-state index is 12.5. The van der Waals surface area contributed by atoms with Crippen LogP contribution in [0.15, 0.2) is 53.6 Å². The van der Waals surface area contributed by atoms with Crippen LogP contribution in [0.25, 0.3) is 0 Å². The third kappa shape index (κ3) is 6.98. The third-order valence-corrected chi connectivity index (χ3v) is 4.29. The zero-order chi connectivity index (χ0) is 20.5. The van der Waals surface area contributed by atoms with Crippen LogP contribution in [-0.4, -0.2) is 23.5 Å². The number of halogens is 1. The van der Waals surface area contributed by atoms with Gasteiger partial charge in [-0.25, -0.2) is 4.98 Å². The Balaban J connectivity index is 2.00. The predicted molar refractivity (Wildman–Crippen MR) is 112 cm³/mol. The molecule has 1 N–H and O–H groups in total. The molecule has 0 aliphatic rings. The lowest BCUT2D eigenvalue weighted by Gasteiger charge is -2.20. The van der Waals surface area contributed by atoms with Crippen LogP contribution in [0.1, 0.15) is 32.0 Å². The molecule has 2 aromatic rings. The van der Waals surface area contributed by atoms with Gasteiger partial charge in [0.15, 0.2) is 0 Å². The van der Waals surface area contributed by atoms with Crippen molar-refractivity contribution in [3.05, 3.63) is 64.8 Å². The van der Waals surface area contributed by atoms with Crippen molar-refractivity contribution in [2.75, 3.05) is 6.54 Å². The highest BCUT2D eigenvalue weighted by Crippen LogP contribution is 2.21. The van der Waals surface area contributed by atoms with E-state index in [-0.39, 0.29) is 18.5 Å². The molecule has 0 saturated heterocycles. The van der Waals surface area contributed by atoms with Crippen LogP contribution in [0, 0.1) is 12.8 Å². The zero-order valence-corrected chi connectivity index (χ0v) is 17.5. The van der Waals surface area contributed by atoms with E-state index in [0.717, 1.165) is 5.56 Å². The normalized spacial score (nSPS) is 12.7. The Kier molecular flexibility index (Phi) is 8.48. The Labute approximate surface area is 171 Å². The predicted octanol–water partition coefficient (Wildman–Crippen LogP) is 4.98. The number of carbonyl (C=O) groups excluding carboxylic acids is 1. The number of rotatable bonds is 9. The molecule has 1 atom stereocenters. The van der Waals surface area contributed by atoms with Gasteiger partial charge in [-0.15, -0.1) is 0 Å². The first-order valence-electron chi connectivity index (χ1n) is 9.28. The molecule has 1 heterocycles. The monoisotopic (exact) mass is 402 g/mol. The van der Waals surface area contributed by atoms with Gasteiger partial charge in [-0.2, -0.15) is 0 Å². The highest BCUT2D eigenvalue weighted by molar-refractivity contribution is 6.29. The molecule has 0 aliphatic carbocycles. The van der Waals surface area contributed by atoms with Gasteiger partial charge < -0.3 is 14.8 Å². The van der Waals surface area contributed by atoms with Gasteiger partial charge >= 0.3 is 5.97 Å². The summed E-state index contributed by atoms with van der Waals surface area (Å²) >= 11 is 5.84. The molecule has 1 aromatic carbocycles. The number of allylic oxidation sites excluding steroid dienone is 1. The van der Waals surface area contributed by atoms with Crippen molar-refractivity contribution < 1.29 is 14.3 Å². The van der Waals surface area contributed by atoms with Gasteiger partial charge in [-0.05, 0) is 37.5 Å². The number of esters is 1. The van der Waals surface area contributed by atoms with Crippen LogP contribution in [-0.2, 0) is 16.1 Å². The maximum Gasteiger partial charge on any atom is 0.323 e. The number of nitrogens with one attached hydrogen (secondary N) is 1. The number of para-hydroxylation sites is 1. The van der Waals surface area contributed by atoms with Crippen LogP contribution < -0.4 is 10.1 Å². The van der Waals surface area contributed by atoms with E-state index in [0.29, 0.717) is 28.9 Å². The second-order valence-electron chi connectivity index (χ2n) is 6.86. The molecule has 0 aliphatic heterocycles. The second-order valence-corrected chi connectivity index (χ2v) is 7.45. The molecule has 2 rings (SSSR count). The van der Waals surface area contributed by atoms with Crippen molar-refractivity contribution in [1.29, 1.82) is 0 Å². The number of benzene rings is 1. The molecular weight excluding hydrogens is 376 g/mol. The number of aromatic nitrogens is 1. The summed E-state index contributed by atoms with van der Waals surface area (Å²) in [7, 11) is 0. The molecule has 1 aromatic heterocycles. The summed E-state index contributed by atoms with van der Waals surface area (Å²) in [6.45, 7) is 8.25. The summed E-state index contributed by atoms with van der Waals surface area (Å²) in [5.74, 6) is 0.933. The van der Waals surface area contributed by atoms with E-state index in [2.05, 4.69) is 10.3 Å². The molecule has 0 fully saturated rings. The highest BCUT2D eigenvalue weighted by Gasteiger charge is 2.23. The topological polar surface area (TPSA) is 60.5 Å². The average molecular weight is 403 g/mol. The molecule has 28 heavy (non-hydrogen) atoms. The minimum atomic E-state index is -0.420. The Bertz CT molecular complexity index is 803. The minimum Gasteiger partial charge on any atom is -0.458 e. The van der Waals surface area contributed by atoms with Crippen LogP contribution in [0.2, 0.25) is 0 Å². The van der Waals surface area contributed by atoms with Gasteiger partial charge in [0.2, 0.25) is 5.88 Å². The maximum absolute atomic E-state index is 12.5. The first-order valence-corrected chi connectivity index (χ1v) is 9.66. The standard InChI is InChI=1S/C22H27ClN2O3/c1-15(2)21(24-13-12-17(4)23)22(26)27-14-19-16(3)10-11-20(25-19)28-18-8-6-5-7-9-18/h5-12,15,21,24H,13-14H2,1-4H3/b17-12-. The minimum absolute atomic E-state index is 0.0818. The second kappa shape index (κ2) is 10.8. The molecule has 0 saturated carbocycles. The lowest BCUT2D eigenvalue weighted by atomic mass is 10.0. The smallest absolute Gasteiger partial charge is 0.323 e. The van der Waals surface area contributed by atoms with Gasteiger partial charge in [0.1, 0.15) is 18.4 Å². The number of hydrogen-bond acceptors (Lipinski definition) is 5. The van der Waals surface area contributed by atoms with Crippen molar-refractivity contribution in [2.45, 2.75) is 40.3 Å². The quantitative estimate of drug-likeness (QED) is 0.599. The lowest BCUT2D eigenvalue weighted by molar-refractivity contribution is -0.148. The Morgan fingerprint density at radius 3 is 2.57 bits per heavy atom. The summed E-state index contributed by atoms with van der Waals surface area (Å²) in [5, 5.41) is 3.84. The van der Waals surface area contributed by atoms with E-state index in [1.54, 1.807) is 13.0 Å². The molecule has 0 spiro atoms. The van der Waals surface area contributed by atoms with Gasteiger partial charge in [-0.3, -0.25) is 4.79 Å². The first-order chi connectivity index (χ1) is 13.4. The van der Waals surface area contributed by atoms with Crippen molar-refractivity contribution in [3.63, 3.8) is 0 Å². The molecule has 1 unspecified atom stereocenters. The van der Waals surface area contributed by atoms with Crippen molar-refractivity contribution in [1.82, 2.24) is 10.3 Å². The van der Waals surface area contributed by atoms with Crippen molar-refractivity contribution in [3.8, 4) is 11.6 Å². The van der Waals surface area contributed by atoms with Gasteiger partial charge in [0, 0.05) is 17.6 Å². The van der Waals surface area contributed by atoms with E-state index in [4.69, 9.17) is 21.1 Å². The van der Waals surface area contributed by atoms with Gasteiger partial charge in [-0.1, -0.05) is 55.8 Å². The van der Waals surface area contributed by atoms with Gasteiger partial charge in [0.25, 0.3) is 0 Å². The van der Waals surface area contributed by atoms with E-state index < -0.39 is 6.04 Å². The zero-order valence-electron chi connectivity index (χ0n) is 16.7. The number of nitrogens with zero attached hydrogens (tertiary/aromatic N) is 1. The van der Waals surface area contributed by atoms with E-state index in [9.17, 15) is 4.79 Å². The van der Waals surface area contributed by atoms with Crippen LogP contribution in [0.3, 0.4) is 0 Å². The van der Waals surface area contributed by atoms with E-state index in [1.807, 2.05) is 63.2 Å². The van der Waals surface area contributed by atoms with Crippen LogP contribution >= 0.6 is 11.6 Å². The van der Waals surface area contributed by atoms with E-state index in [1.165, 1.54) is 0 Å². The van der Waals surface area contributed by atoms with E-state index >= 15 is 0 Å². The SMILES string of the molecule is C/C(Cl)=C/CNC(C(=O)OCc1nc(Oc2ccccc2)ccc1C)C(C)C. The summed E-state index contributed by atoms with van der Waals surface area (Å²) in [6.07, 6.45) is 1.82. The number of carbonyl (C=O) groups is 1. The van der Waals surface area contributed by atoms with Crippen LogP contribution in [0.5, 0.6) is 11.6 Å². The summed E-state index contributed by atoms with van der Waals surface area (Å²) in [4.78, 5) is 17.0. The fourth-order valence-corrected chi connectivity index (χ4v) is 2.59. The van der Waals surface area contributed by atoms with Crippen molar-refractivity contribution in [2.24, 2.45) is 5.92 Å². The summed E-state index contributed by atoms with van der Waals surface area (Å²) < 4.78 is 11.3. The third-order valence-electron chi connectivity index (χ3n) is 4.13. The number of hydrogen-bond donors (Lipinski definition) is 1. The average Bonchev–Trinajstić information content (AvgIpc) is 2.65. The Hall–Kier alpha value is -2.37. The molecule has 0 radical (unpaired) electrons. The molecule has 0 bridgehead atoms. The van der Waals surface area contributed by atoms with Crippen molar-refractivity contribution >= 4 is 17.6 Å². The van der Waals surface area contributed by atoms with Gasteiger partial charge in [0.05, 0.1) is 5.69 Å². The number of ether oxygens (including phenoxy) is 2. The Morgan fingerprint density at radius 2 is 1.93 bits per heavy atom. The summed E-state index contributed by atoms with van der Waals surface area (Å²) in [5.41, 5.74) is 1.60. The molecule has 150 valence electrons. The molecule has 6 heteroatoms. The number of aryl methyl sites for hydroxylation is 1.